The number of pyridine rings is 2. The molecule has 5 rings (SSSR count). The number of aromatic nitrogens is 4. The molecule has 10 heteroatoms. The number of amides is 1. The number of piperidine rings is 1. The first-order chi connectivity index (χ1) is 16.6. The molecular formula is C24H31N9O. The maximum Gasteiger partial charge on any atom is 0.272 e. The fourth-order valence-electron chi connectivity index (χ4n) is 4.43. The molecule has 3 aromatic rings. The number of anilines is 4. The van der Waals surface area contributed by atoms with Crippen LogP contribution in [0.25, 0.3) is 10.9 Å². The van der Waals surface area contributed by atoms with E-state index in [1.807, 2.05) is 12.3 Å². The van der Waals surface area contributed by atoms with Crippen molar-refractivity contribution in [3.05, 3.63) is 36.3 Å². The third kappa shape index (κ3) is 4.72. The highest BCUT2D eigenvalue weighted by atomic mass is 16.2. The van der Waals surface area contributed by atoms with Crippen LogP contribution in [0.1, 0.15) is 29.8 Å². The summed E-state index contributed by atoms with van der Waals surface area (Å²) in [7, 11) is 3.47. The first-order valence-corrected chi connectivity index (χ1v) is 11.9. The van der Waals surface area contributed by atoms with Crippen LogP contribution in [-0.4, -0.2) is 84.1 Å². The van der Waals surface area contributed by atoms with E-state index in [4.69, 9.17) is 9.97 Å². The second-order valence-electron chi connectivity index (χ2n) is 8.97. The summed E-state index contributed by atoms with van der Waals surface area (Å²) < 4.78 is 0. The molecule has 0 bridgehead atoms. The molecule has 2 N–H and O–H groups in total. The van der Waals surface area contributed by atoms with Crippen LogP contribution >= 0.6 is 0 Å². The van der Waals surface area contributed by atoms with E-state index in [9.17, 15) is 4.79 Å². The highest BCUT2D eigenvalue weighted by Gasteiger charge is 2.21. The molecule has 0 unspecified atom stereocenters. The van der Waals surface area contributed by atoms with Gasteiger partial charge in [0.2, 0.25) is 5.95 Å². The molecule has 178 valence electrons. The summed E-state index contributed by atoms with van der Waals surface area (Å²) in [5, 5.41) is 7.39. The number of nitrogens with zero attached hydrogens (tertiary/aromatic N) is 7. The van der Waals surface area contributed by atoms with Gasteiger partial charge in [-0.05, 0) is 37.5 Å². The van der Waals surface area contributed by atoms with Crippen molar-refractivity contribution in [1.29, 1.82) is 0 Å². The summed E-state index contributed by atoms with van der Waals surface area (Å²) in [5.41, 5.74) is 2.26. The number of fused-ring (bicyclic) bond motifs is 1. The number of hydrogen-bond acceptors (Lipinski definition) is 9. The summed E-state index contributed by atoms with van der Waals surface area (Å²) in [6.45, 7) is 5.74. The fourth-order valence-corrected chi connectivity index (χ4v) is 4.43. The van der Waals surface area contributed by atoms with Crippen molar-refractivity contribution in [2.24, 2.45) is 0 Å². The Morgan fingerprint density at radius 2 is 1.76 bits per heavy atom. The SMILES string of the molecule is CN(C)C(=O)c1cc2cnc(Nc3ccc(N4CCNCC4)cn3)nc2c(N2CCCCC2)n1. The van der Waals surface area contributed by atoms with Crippen molar-refractivity contribution in [2.45, 2.75) is 19.3 Å². The third-order valence-electron chi connectivity index (χ3n) is 6.30. The molecule has 2 aliphatic heterocycles. The van der Waals surface area contributed by atoms with Gasteiger partial charge in [0.25, 0.3) is 5.91 Å². The maximum absolute atomic E-state index is 12.6. The Labute approximate surface area is 199 Å². The first kappa shape index (κ1) is 22.3. The number of nitrogens with one attached hydrogen (secondary N) is 2. The molecule has 1 amide bonds. The number of piperazine rings is 1. The predicted molar refractivity (Wildman–Crippen MR) is 134 cm³/mol. The first-order valence-electron chi connectivity index (χ1n) is 11.9. The molecule has 0 radical (unpaired) electrons. The van der Waals surface area contributed by atoms with Crippen molar-refractivity contribution in [1.82, 2.24) is 30.2 Å². The van der Waals surface area contributed by atoms with E-state index in [-0.39, 0.29) is 5.91 Å². The van der Waals surface area contributed by atoms with Crippen LogP contribution in [0.4, 0.5) is 23.3 Å². The Bertz CT molecular complexity index is 1150. The van der Waals surface area contributed by atoms with Gasteiger partial charge in [-0.25, -0.2) is 19.9 Å². The molecule has 34 heavy (non-hydrogen) atoms. The Morgan fingerprint density at radius 3 is 2.47 bits per heavy atom. The molecule has 0 aliphatic carbocycles. The van der Waals surface area contributed by atoms with Crippen molar-refractivity contribution in [2.75, 3.05) is 68.5 Å². The van der Waals surface area contributed by atoms with E-state index in [0.717, 1.165) is 74.5 Å². The van der Waals surface area contributed by atoms with E-state index < -0.39 is 0 Å². The lowest BCUT2D eigenvalue weighted by molar-refractivity contribution is 0.0822. The Balaban J connectivity index is 1.44. The number of rotatable bonds is 5. The standard InChI is InChI=1S/C24H31N9O/c1-31(2)23(34)19-14-17-15-27-24(30-21(17)22(28-19)33-10-4-3-5-11-33)29-20-7-6-18(16-26-20)32-12-8-25-9-13-32/h6-7,14-16,25H,3-5,8-13H2,1-2H3,(H,26,27,29,30). The zero-order valence-corrected chi connectivity index (χ0v) is 19.8. The van der Waals surface area contributed by atoms with Gasteiger partial charge in [-0.15, -0.1) is 0 Å². The van der Waals surface area contributed by atoms with Gasteiger partial charge in [0, 0.05) is 64.9 Å². The third-order valence-corrected chi connectivity index (χ3v) is 6.30. The van der Waals surface area contributed by atoms with Crippen molar-refractivity contribution in [3.63, 3.8) is 0 Å². The fraction of sp³-hybridized carbons (Fsp3) is 0.458. The maximum atomic E-state index is 12.6. The lowest BCUT2D eigenvalue weighted by Crippen LogP contribution is -2.43. The number of carbonyl (C=O) groups is 1. The van der Waals surface area contributed by atoms with Gasteiger partial charge >= 0.3 is 0 Å². The lowest BCUT2D eigenvalue weighted by atomic mass is 10.1. The van der Waals surface area contributed by atoms with Crippen molar-refractivity contribution < 1.29 is 4.79 Å². The van der Waals surface area contributed by atoms with E-state index in [0.29, 0.717) is 17.5 Å². The summed E-state index contributed by atoms with van der Waals surface area (Å²) in [4.78, 5) is 37.3. The van der Waals surface area contributed by atoms with E-state index in [1.54, 1.807) is 31.3 Å². The molecule has 10 nitrogen and oxygen atoms in total. The second kappa shape index (κ2) is 9.76. The topological polar surface area (TPSA) is 102 Å². The minimum absolute atomic E-state index is 0.129. The molecule has 0 saturated carbocycles. The van der Waals surface area contributed by atoms with E-state index in [1.165, 1.54) is 6.42 Å². The number of carbonyl (C=O) groups excluding carboxylic acids is 1. The Morgan fingerprint density at radius 1 is 0.971 bits per heavy atom. The molecular weight excluding hydrogens is 430 g/mol. The van der Waals surface area contributed by atoms with Gasteiger partial charge in [-0.1, -0.05) is 0 Å². The zero-order chi connectivity index (χ0) is 23.5. The van der Waals surface area contributed by atoms with Gasteiger partial charge in [-0.2, -0.15) is 0 Å². The van der Waals surface area contributed by atoms with E-state index in [2.05, 4.69) is 36.5 Å². The smallest absolute Gasteiger partial charge is 0.272 e. The van der Waals surface area contributed by atoms with Crippen molar-refractivity contribution in [3.8, 4) is 0 Å². The zero-order valence-electron chi connectivity index (χ0n) is 19.8. The average Bonchev–Trinajstić information content (AvgIpc) is 2.89. The minimum Gasteiger partial charge on any atom is -0.368 e. The molecule has 5 heterocycles. The van der Waals surface area contributed by atoms with Gasteiger partial charge in [0.05, 0.1) is 11.9 Å². The van der Waals surface area contributed by atoms with Crippen LogP contribution in [0, 0.1) is 0 Å². The summed E-state index contributed by atoms with van der Waals surface area (Å²) in [5.74, 6) is 1.76. The summed E-state index contributed by atoms with van der Waals surface area (Å²) in [6.07, 6.45) is 7.06. The van der Waals surface area contributed by atoms with Crippen LogP contribution in [0.3, 0.4) is 0 Å². The van der Waals surface area contributed by atoms with Gasteiger partial charge in [0.1, 0.15) is 17.0 Å². The molecule has 3 aromatic heterocycles. The predicted octanol–water partition coefficient (Wildman–Crippen LogP) is 2.27. The monoisotopic (exact) mass is 461 g/mol. The Hall–Kier alpha value is -3.53. The molecule has 2 fully saturated rings. The lowest BCUT2D eigenvalue weighted by Gasteiger charge is -2.29. The van der Waals surface area contributed by atoms with Crippen LogP contribution in [0.5, 0.6) is 0 Å². The van der Waals surface area contributed by atoms with Crippen molar-refractivity contribution >= 4 is 40.1 Å². The average molecular weight is 462 g/mol. The molecule has 2 aliphatic rings. The van der Waals surface area contributed by atoms with Gasteiger partial charge < -0.3 is 25.3 Å². The van der Waals surface area contributed by atoms with Crippen LogP contribution in [0.2, 0.25) is 0 Å². The molecule has 0 atom stereocenters. The summed E-state index contributed by atoms with van der Waals surface area (Å²) in [6, 6.07) is 5.80. The largest absolute Gasteiger partial charge is 0.368 e. The highest BCUT2D eigenvalue weighted by Crippen LogP contribution is 2.28. The normalized spacial score (nSPS) is 16.5. The number of hydrogen-bond donors (Lipinski definition) is 2. The summed E-state index contributed by atoms with van der Waals surface area (Å²) >= 11 is 0. The van der Waals surface area contributed by atoms with Crippen LogP contribution in [-0.2, 0) is 0 Å². The quantitative estimate of drug-likeness (QED) is 0.592. The molecule has 0 aromatic carbocycles. The van der Waals surface area contributed by atoms with Crippen LogP contribution < -0.4 is 20.4 Å². The van der Waals surface area contributed by atoms with E-state index >= 15 is 0 Å². The van der Waals surface area contributed by atoms with Gasteiger partial charge in [-0.3, -0.25) is 4.79 Å². The second-order valence-corrected chi connectivity index (χ2v) is 8.97. The Kier molecular flexibility index (Phi) is 6.39. The molecule has 2 saturated heterocycles. The highest BCUT2D eigenvalue weighted by molar-refractivity contribution is 5.99. The van der Waals surface area contributed by atoms with Crippen LogP contribution in [0.15, 0.2) is 30.6 Å². The minimum atomic E-state index is -0.129. The molecule has 0 spiro atoms. The van der Waals surface area contributed by atoms with Gasteiger partial charge in [0.15, 0.2) is 5.82 Å².